The molecule has 0 atom stereocenters. The summed E-state index contributed by atoms with van der Waals surface area (Å²) in [5, 5.41) is 5.15. The van der Waals surface area contributed by atoms with E-state index >= 15 is 0 Å². The number of anilines is 1. The SMILES string of the molecule is CN1CCC(Sc2cc(C(=O)Nc3ncc4ccc(-c5cncs5)cc4n3)ccn2)CC1. The van der Waals surface area contributed by atoms with Gasteiger partial charge < -0.3 is 4.90 Å². The van der Waals surface area contributed by atoms with E-state index in [9.17, 15) is 4.79 Å². The smallest absolute Gasteiger partial charge is 0.258 e. The summed E-state index contributed by atoms with van der Waals surface area (Å²) in [6, 6.07) is 9.56. The summed E-state index contributed by atoms with van der Waals surface area (Å²) in [6.07, 6.45) is 7.51. The molecule has 1 saturated heterocycles. The molecule has 32 heavy (non-hydrogen) atoms. The van der Waals surface area contributed by atoms with Crippen molar-refractivity contribution >= 4 is 45.9 Å². The van der Waals surface area contributed by atoms with Gasteiger partial charge in [0, 0.05) is 34.8 Å². The zero-order valence-electron chi connectivity index (χ0n) is 17.6. The van der Waals surface area contributed by atoms with Crippen molar-refractivity contribution in [1.29, 1.82) is 0 Å². The first-order valence-corrected chi connectivity index (χ1v) is 12.2. The molecule has 1 aliphatic heterocycles. The molecule has 4 heterocycles. The molecule has 0 saturated carbocycles. The number of benzene rings is 1. The number of piperidine rings is 1. The number of thioether (sulfide) groups is 1. The van der Waals surface area contributed by atoms with Gasteiger partial charge in [-0.15, -0.1) is 23.1 Å². The lowest BCUT2D eigenvalue weighted by Crippen LogP contribution is -2.31. The molecule has 1 amide bonds. The van der Waals surface area contributed by atoms with Crippen molar-refractivity contribution in [3.63, 3.8) is 0 Å². The molecule has 0 aliphatic carbocycles. The van der Waals surface area contributed by atoms with Crippen LogP contribution < -0.4 is 5.32 Å². The van der Waals surface area contributed by atoms with Gasteiger partial charge in [0.1, 0.15) is 0 Å². The van der Waals surface area contributed by atoms with Crippen molar-refractivity contribution in [3.05, 3.63) is 60.0 Å². The minimum absolute atomic E-state index is 0.240. The number of likely N-dealkylation sites (tertiary alicyclic amines) is 1. The molecule has 1 fully saturated rings. The molecular weight excluding hydrogens is 440 g/mol. The average molecular weight is 463 g/mol. The van der Waals surface area contributed by atoms with Crippen LogP contribution in [0.15, 0.2) is 59.5 Å². The minimum Gasteiger partial charge on any atom is -0.306 e. The van der Waals surface area contributed by atoms with Crippen LogP contribution in [0.4, 0.5) is 5.95 Å². The van der Waals surface area contributed by atoms with E-state index in [1.807, 2.05) is 30.5 Å². The largest absolute Gasteiger partial charge is 0.306 e. The Hall–Kier alpha value is -2.88. The highest BCUT2D eigenvalue weighted by molar-refractivity contribution is 7.99. The predicted octanol–water partition coefficient (Wildman–Crippen LogP) is 4.59. The number of rotatable bonds is 5. The van der Waals surface area contributed by atoms with Crippen molar-refractivity contribution in [2.45, 2.75) is 23.1 Å². The Morgan fingerprint density at radius 1 is 1.16 bits per heavy atom. The van der Waals surface area contributed by atoms with Gasteiger partial charge in [-0.3, -0.25) is 15.1 Å². The van der Waals surface area contributed by atoms with Crippen molar-refractivity contribution in [3.8, 4) is 10.4 Å². The van der Waals surface area contributed by atoms with Gasteiger partial charge in [0.2, 0.25) is 5.95 Å². The molecule has 1 aromatic carbocycles. The number of nitrogens with one attached hydrogen (secondary N) is 1. The van der Waals surface area contributed by atoms with Gasteiger partial charge in [0.15, 0.2) is 0 Å². The van der Waals surface area contributed by atoms with Crippen LogP contribution in [0.3, 0.4) is 0 Å². The quantitative estimate of drug-likeness (QED) is 0.464. The van der Waals surface area contributed by atoms with Gasteiger partial charge in [-0.2, -0.15) is 0 Å². The van der Waals surface area contributed by atoms with E-state index in [1.54, 1.807) is 47.1 Å². The van der Waals surface area contributed by atoms with E-state index in [0.717, 1.165) is 52.3 Å². The second-order valence-electron chi connectivity index (χ2n) is 7.79. The molecule has 0 bridgehead atoms. The highest BCUT2D eigenvalue weighted by atomic mass is 32.2. The van der Waals surface area contributed by atoms with Crippen LogP contribution >= 0.6 is 23.1 Å². The first-order chi connectivity index (χ1) is 15.6. The molecule has 0 radical (unpaired) electrons. The lowest BCUT2D eigenvalue weighted by molar-refractivity contribution is 0.102. The maximum atomic E-state index is 12.8. The Kier molecular flexibility index (Phi) is 6.11. The van der Waals surface area contributed by atoms with E-state index in [2.05, 4.69) is 37.2 Å². The second kappa shape index (κ2) is 9.32. The van der Waals surface area contributed by atoms with Crippen LogP contribution in [-0.2, 0) is 0 Å². The topological polar surface area (TPSA) is 83.9 Å². The highest BCUT2D eigenvalue weighted by Gasteiger charge is 2.19. The molecule has 1 aliphatic rings. The van der Waals surface area contributed by atoms with Crippen molar-refractivity contribution in [2.24, 2.45) is 0 Å². The lowest BCUT2D eigenvalue weighted by atomic mass is 10.1. The minimum atomic E-state index is -0.240. The maximum absolute atomic E-state index is 12.8. The summed E-state index contributed by atoms with van der Waals surface area (Å²) in [4.78, 5) is 33.7. The Morgan fingerprint density at radius 2 is 2.03 bits per heavy atom. The third-order valence-electron chi connectivity index (χ3n) is 5.47. The van der Waals surface area contributed by atoms with Crippen LogP contribution in [0.5, 0.6) is 0 Å². The summed E-state index contributed by atoms with van der Waals surface area (Å²) in [7, 11) is 2.15. The average Bonchev–Trinajstić information content (AvgIpc) is 3.35. The number of thiazole rings is 1. The molecule has 3 aromatic heterocycles. The van der Waals surface area contributed by atoms with Crippen LogP contribution in [0.1, 0.15) is 23.2 Å². The summed E-state index contributed by atoms with van der Waals surface area (Å²) in [5.41, 5.74) is 4.17. The number of hydrogen-bond donors (Lipinski definition) is 1. The van der Waals surface area contributed by atoms with E-state index in [1.165, 1.54) is 0 Å². The van der Waals surface area contributed by atoms with Gasteiger partial charge in [0.05, 0.1) is 20.9 Å². The molecule has 0 unspecified atom stereocenters. The standard InChI is InChI=1S/C23H22N6OS2/c1-29-8-5-18(6-9-29)32-21-11-16(4-7-25-21)22(30)28-23-26-12-17-3-2-15(10-19(17)27-23)20-13-24-14-31-20/h2-4,7,10-14,18H,5-6,8-9H2,1H3,(H,26,27,28,30). The molecule has 9 heteroatoms. The molecule has 5 rings (SSSR count). The first-order valence-electron chi connectivity index (χ1n) is 10.4. The Morgan fingerprint density at radius 3 is 2.84 bits per heavy atom. The zero-order valence-corrected chi connectivity index (χ0v) is 19.2. The number of pyridine rings is 1. The summed E-state index contributed by atoms with van der Waals surface area (Å²) in [6.45, 7) is 2.20. The second-order valence-corrected chi connectivity index (χ2v) is 10.00. The fourth-order valence-corrected chi connectivity index (χ4v) is 5.38. The monoisotopic (exact) mass is 462 g/mol. The lowest BCUT2D eigenvalue weighted by Gasteiger charge is -2.28. The summed E-state index contributed by atoms with van der Waals surface area (Å²) < 4.78 is 0. The molecule has 7 nitrogen and oxygen atoms in total. The Balaban J connectivity index is 1.31. The number of fused-ring (bicyclic) bond motifs is 1. The summed E-state index contributed by atoms with van der Waals surface area (Å²) in [5.74, 6) is 0.0425. The number of amides is 1. The van der Waals surface area contributed by atoms with Crippen LogP contribution in [-0.4, -0.2) is 56.1 Å². The van der Waals surface area contributed by atoms with E-state index in [-0.39, 0.29) is 11.9 Å². The highest BCUT2D eigenvalue weighted by Crippen LogP contribution is 2.29. The molecular formula is C23H22N6OS2. The van der Waals surface area contributed by atoms with Crippen molar-refractivity contribution in [1.82, 2.24) is 24.8 Å². The predicted molar refractivity (Wildman–Crippen MR) is 129 cm³/mol. The Bertz CT molecular complexity index is 1240. The van der Waals surface area contributed by atoms with Crippen LogP contribution in [0.2, 0.25) is 0 Å². The molecule has 4 aromatic rings. The normalized spacial score (nSPS) is 15.2. The number of carbonyl (C=O) groups is 1. The van der Waals surface area contributed by atoms with Crippen molar-refractivity contribution in [2.75, 3.05) is 25.5 Å². The third-order valence-corrected chi connectivity index (χ3v) is 7.57. The van der Waals surface area contributed by atoms with Crippen molar-refractivity contribution < 1.29 is 4.79 Å². The number of aromatic nitrogens is 4. The van der Waals surface area contributed by atoms with Gasteiger partial charge in [-0.05, 0) is 56.7 Å². The first kappa shape index (κ1) is 21.0. The van der Waals surface area contributed by atoms with E-state index in [4.69, 9.17) is 0 Å². The number of carbonyl (C=O) groups excluding carboxylic acids is 1. The van der Waals surface area contributed by atoms with Gasteiger partial charge >= 0.3 is 0 Å². The maximum Gasteiger partial charge on any atom is 0.258 e. The van der Waals surface area contributed by atoms with Crippen LogP contribution in [0.25, 0.3) is 21.3 Å². The van der Waals surface area contributed by atoms with Gasteiger partial charge in [0.25, 0.3) is 5.91 Å². The third kappa shape index (κ3) is 4.79. The van der Waals surface area contributed by atoms with E-state index in [0.29, 0.717) is 10.8 Å². The molecule has 1 N–H and O–H groups in total. The zero-order chi connectivity index (χ0) is 21.9. The Labute approximate surface area is 194 Å². The number of hydrogen-bond acceptors (Lipinski definition) is 8. The van der Waals surface area contributed by atoms with Gasteiger partial charge in [-0.1, -0.05) is 12.1 Å². The van der Waals surface area contributed by atoms with Crippen LogP contribution in [0, 0.1) is 0 Å². The fourth-order valence-electron chi connectivity index (χ4n) is 3.66. The van der Waals surface area contributed by atoms with E-state index < -0.39 is 0 Å². The summed E-state index contributed by atoms with van der Waals surface area (Å²) >= 11 is 3.33. The molecule has 162 valence electrons. The number of nitrogens with zero attached hydrogens (tertiary/aromatic N) is 5. The van der Waals surface area contributed by atoms with Gasteiger partial charge in [-0.25, -0.2) is 15.0 Å². The molecule has 0 spiro atoms. The fraction of sp³-hybridized carbons (Fsp3) is 0.261.